The number of nitro groups is 1. The molecule has 0 bridgehead atoms. The molecule has 21 heavy (non-hydrogen) atoms. The highest BCUT2D eigenvalue weighted by Gasteiger charge is 2.14. The van der Waals surface area contributed by atoms with Crippen molar-refractivity contribution in [1.29, 1.82) is 5.26 Å². The summed E-state index contributed by atoms with van der Waals surface area (Å²) < 4.78 is 0. The van der Waals surface area contributed by atoms with Crippen molar-refractivity contribution in [1.82, 2.24) is 0 Å². The third-order valence-corrected chi connectivity index (χ3v) is 3.18. The van der Waals surface area contributed by atoms with Gasteiger partial charge in [0.1, 0.15) is 6.07 Å². The first-order chi connectivity index (χ1) is 10.1. The maximum atomic E-state index is 11.0. The van der Waals surface area contributed by atoms with Crippen molar-refractivity contribution >= 4 is 22.7 Å². The highest BCUT2D eigenvalue weighted by atomic mass is 16.6. The number of benzene rings is 2. The molecule has 2 aromatic rings. The zero-order valence-electron chi connectivity index (χ0n) is 11.7. The van der Waals surface area contributed by atoms with Crippen LogP contribution in [0.4, 0.5) is 22.7 Å². The topological polar surface area (TPSA) is 82.2 Å². The summed E-state index contributed by atoms with van der Waals surface area (Å²) in [4.78, 5) is 12.3. The van der Waals surface area contributed by atoms with Gasteiger partial charge in [0, 0.05) is 37.6 Å². The molecule has 0 aliphatic carbocycles. The van der Waals surface area contributed by atoms with E-state index >= 15 is 0 Å². The normalized spacial score (nSPS) is 9.76. The van der Waals surface area contributed by atoms with Crippen LogP contribution in [-0.4, -0.2) is 19.0 Å². The summed E-state index contributed by atoms with van der Waals surface area (Å²) in [6.45, 7) is 0. The number of non-ortho nitro benzene ring substituents is 1. The van der Waals surface area contributed by atoms with E-state index in [4.69, 9.17) is 5.26 Å². The predicted molar refractivity (Wildman–Crippen MR) is 81.9 cm³/mol. The Hall–Kier alpha value is -3.07. The van der Waals surface area contributed by atoms with E-state index < -0.39 is 4.92 Å². The molecule has 0 unspecified atom stereocenters. The molecule has 2 rings (SSSR count). The third kappa shape index (κ3) is 2.92. The Balaban J connectivity index is 2.53. The van der Waals surface area contributed by atoms with Gasteiger partial charge < -0.3 is 10.2 Å². The Morgan fingerprint density at radius 1 is 1.29 bits per heavy atom. The summed E-state index contributed by atoms with van der Waals surface area (Å²) in [7, 11) is 3.47. The van der Waals surface area contributed by atoms with E-state index in [-0.39, 0.29) is 5.69 Å². The largest absolute Gasteiger partial charge is 0.388 e. The lowest BCUT2D eigenvalue weighted by Gasteiger charge is -2.21. The van der Waals surface area contributed by atoms with Gasteiger partial charge in [0.15, 0.2) is 0 Å². The van der Waals surface area contributed by atoms with Crippen LogP contribution in [-0.2, 0) is 0 Å². The number of nitrogens with zero attached hydrogens (tertiary/aromatic N) is 3. The molecule has 0 spiro atoms. The second-order valence-electron chi connectivity index (χ2n) is 4.43. The highest BCUT2D eigenvalue weighted by Crippen LogP contribution is 2.31. The summed E-state index contributed by atoms with van der Waals surface area (Å²) in [5.74, 6) is 0. The Morgan fingerprint density at radius 3 is 2.62 bits per heavy atom. The van der Waals surface area contributed by atoms with Gasteiger partial charge in [-0.15, -0.1) is 0 Å². The lowest BCUT2D eigenvalue weighted by Crippen LogP contribution is -2.11. The monoisotopic (exact) mass is 282 g/mol. The molecule has 1 N–H and O–H groups in total. The average Bonchev–Trinajstić information content (AvgIpc) is 2.53. The van der Waals surface area contributed by atoms with Crippen molar-refractivity contribution in [2.75, 3.05) is 24.3 Å². The van der Waals surface area contributed by atoms with Crippen molar-refractivity contribution < 1.29 is 4.92 Å². The molecule has 0 amide bonds. The molecule has 0 aliphatic rings. The van der Waals surface area contributed by atoms with Gasteiger partial charge in [0.05, 0.1) is 16.2 Å². The quantitative estimate of drug-likeness (QED) is 0.687. The van der Waals surface area contributed by atoms with Gasteiger partial charge in [0.2, 0.25) is 0 Å². The molecule has 6 nitrogen and oxygen atoms in total. The maximum Gasteiger partial charge on any atom is 0.273 e. The van der Waals surface area contributed by atoms with Crippen LogP contribution in [0.25, 0.3) is 0 Å². The molecule has 0 saturated carbocycles. The van der Waals surface area contributed by atoms with E-state index in [2.05, 4.69) is 11.4 Å². The van der Waals surface area contributed by atoms with E-state index in [9.17, 15) is 10.1 Å². The number of hydrogen-bond acceptors (Lipinski definition) is 5. The summed E-state index contributed by atoms with van der Waals surface area (Å²) in [5, 5.41) is 23.1. The van der Waals surface area contributed by atoms with Gasteiger partial charge >= 0.3 is 0 Å². The molecule has 0 aromatic heterocycles. The summed E-state index contributed by atoms with van der Waals surface area (Å²) in [6, 6.07) is 14.0. The molecule has 0 aliphatic heterocycles. The maximum absolute atomic E-state index is 11.0. The van der Waals surface area contributed by atoms with Gasteiger partial charge in [-0.3, -0.25) is 10.1 Å². The van der Waals surface area contributed by atoms with E-state index in [1.807, 2.05) is 6.07 Å². The fourth-order valence-electron chi connectivity index (χ4n) is 2.04. The molecule has 2 aromatic carbocycles. The van der Waals surface area contributed by atoms with Crippen molar-refractivity contribution in [3.8, 4) is 6.07 Å². The van der Waals surface area contributed by atoms with Gasteiger partial charge in [0.25, 0.3) is 5.69 Å². The van der Waals surface area contributed by atoms with Crippen molar-refractivity contribution in [2.24, 2.45) is 0 Å². The first-order valence-corrected chi connectivity index (χ1v) is 6.27. The number of nitrogens with one attached hydrogen (secondary N) is 1. The molecule has 0 radical (unpaired) electrons. The van der Waals surface area contributed by atoms with Crippen LogP contribution in [0.5, 0.6) is 0 Å². The minimum absolute atomic E-state index is 0.00172. The summed E-state index contributed by atoms with van der Waals surface area (Å²) in [5.41, 5.74) is 2.48. The van der Waals surface area contributed by atoms with E-state index in [0.717, 1.165) is 0 Å². The first kappa shape index (κ1) is 14.3. The fourth-order valence-corrected chi connectivity index (χ4v) is 2.04. The highest BCUT2D eigenvalue weighted by molar-refractivity contribution is 5.73. The second-order valence-corrected chi connectivity index (χ2v) is 4.43. The minimum atomic E-state index is -0.436. The lowest BCUT2D eigenvalue weighted by atomic mass is 10.1. The molecular weight excluding hydrogens is 268 g/mol. The molecular formula is C15H14N4O2. The molecule has 0 fully saturated rings. The second kappa shape index (κ2) is 5.92. The number of nitro benzene ring substituents is 1. The average molecular weight is 282 g/mol. The molecule has 106 valence electrons. The van der Waals surface area contributed by atoms with Crippen molar-refractivity contribution in [2.45, 2.75) is 0 Å². The molecule has 0 heterocycles. The van der Waals surface area contributed by atoms with E-state index in [1.165, 1.54) is 12.1 Å². The van der Waals surface area contributed by atoms with Crippen LogP contribution in [0.3, 0.4) is 0 Å². The number of para-hydroxylation sites is 1. The zero-order valence-corrected chi connectivity index (χ0v) is 11.7. The van der Waals surface area contributed by atoms with Crippen molar-refractivity contribution in [3.05, 3.63) is 58.1 Å². The van der Waals surface area contributed by atoms with E-state index in [0.29, 0.717) is 22.6 Å². The minimum Gasteiger partial charge on any atom is -0.388 e. The van der Waals surface area contributed by atoms with Gasteiger partial charge in [-0.2, -0.15) is 5.26 Å². The molecule has 0 atom stereocenters. The summed E-state index contributed by atoms with van der Waals surface area (Å²) >= 11 is 0. The Labute approximate surface area is 122 Å². The van der Waals surface area contributed by atoms with Crippen molar-refractivity contribution in [3.63, 3.8) is 0 Å². The van der Waals surface area contributed by atoms with Crippen LogP contribution in [0, 0.1) is 21.4 Å². The third-order valence-electron chi connectivity index (χ3n) is 3.18. The Morgan fingerprint density at radius 2 is 2.00 bits per heavy atom. The van der Waals surface area contributed by atoms with Crippen LogP contribution < -0.4 is 10.2 Å². The predicted octanol–water partition coefficient (Wildman–Crippen LogP) is 3.28. The van der Waals surface area contributed by atoms with Crippen LogP contribution in [0.1, 0.15) is 5.56 Å². The van der Waals surface area contributed by atoms with Gasteiger partial charge in [-0.05, 0) is 18.2 Å². The fraction of sp³-hybridized carbons (Fsp3) is 0.133. The lowest BCUT2D eigenvalue weighted by molar-refractivity contribution is -0.384. The Bertz CT molecular complexity index is 722. The number of hydrogen-bond donors (Lipinski definition) is 1. The van der Waals surface area contributed by atoms with E-state index in [1.54, 1.807) is 43.3 Å². The van der Waals surface area contributed by atoms with Gasteiger partial charge in [-0.25, -0.2) is 0 Å². The van der Waals surface area contributed by atoms with Crippen LogP contribution in [0.2, 0.25) is 0 Å². The number of nitriles is 1. The summed E-state index contributed by atoms with van der Waals surface area (Å²) in [6.07, 6.45) is 0. The SMILES string of the molecule is CNc1cc(N(C)c2ccccc2C#N)cc([N+](=O)[O-])c1. The first-order valence-electron chi connectivity index (χ1n) is 6.27. The van der Waals surface area contributed by atoms with Gasteiger partial charge in [-0.1, -0.05) is 12.1 Å². The van der Waals surface area contributed by atoms with Crippen LogP contribution >= 0.6 is 0 Å². The standard InChI is InChI=1S/C15H14N4O2/c1-17-12-7-13(9-14(8-12)19(20)21)18(2)15-6-4-3-5-11(15)10-16/h3-9,17H,1-2H3. The van der Waals surface area contributed by atoms with Crippen LogP contribution in [0.15, 0.2) is 42.5 Å². The molecule has 0 saturated heterocycles. The smallest absolute Gasteiger partial charge is 0.273 e. The number of rotatable bonds is 4. The number of anilines is 3. The molecule has 6 heteroatoms. The zero-order chi connectivity index (χ0) is 15.4. The Kier molecular flexibility index (Phi) is 4.05.